The first kappa shape index (κ1) is 15.5. The van der Waals surface area contributed by atoms with Crippen LogP contribution in [0.4, 0.5) is 5.69 Å². The molecule has 0 aliphatic rings. The van der Waals surface area contributed by atoms with Gasteiger partial charge in [0.2, 0.25) is 5.91 Å². The molecule has 0 saturated heterocycles. The summed E-state index contributed by atoms with van der Waals surface area (Å²) < 4.78 is 1.10. The van der Waals surface area contributed by atoms with Crippen LogP contribution in [0.15, 0.2) is 39.5 Å². The van der Waals surface area contributed by atoms with E-state index < -0.39 is 0 Å². The molecular weight excluding hydrogens is 360 g/mol. The average Bonchev–Trinajstić information content (AvgIpc) is 2.77. The summed E-state index contributed by atoms with van der Waals surface area (Å²) in [5.74, 6) is -0.0742. The largest absolute Gasteiger partial charge is 0.324 e. The van der Waals surface area contributed by atoms with Gasteiger partial charge in [-0.15, -0.1) is 11.3 Å². The highest BCUT2D eigenvalue weighted by Gasteiger charge is 2.09. The van der Waals surface area contributed by atoms with Crippen molar-refractivity contribution in [2.24, 2.45) is 0 Å². The Bertz CT molecular complexity index is 602. The predicted octanol–water partition coefficient (Wildman–Crippen LogP) is 4.23. The van der Waals surface area contributed by atoms with E-state index in [2.05, 4.69) is 32.7 Å². The van der Waals surface area contributed by atoms with Gasteiger partial charge in [0.05, 0.1) is 21.0 Å². The van der Waals surface area contributed by atoms with Crippen LogP contribution in [0.3, 0.4) is 0 Å². The number of likely N-dealkylation sites (N-methyl/N-ethyl adjacent to an activating group) is 1. The second kappa shape index (κ2) is 7.22. The van der Waals surface area contributed by atoms with Crippen molar-refractivity contribution in [1.82, 2.24) is 4.90 Å². The summed E-state index contributed by atoms with van der Waals surface area (Å²) in [5, 5.41) is 5.44. The molecule has 3 nitrogen and oxygen atoms in total. The number of para-hydroxylation sites is 1. The lowest BCUT2D eigenvalue weighted by Gasteiger charge is -2.15. The van der Waals surface area contributed by atoms with E-state index in [4.69, 9.17) is 11.6 Å². The number of nitrogens with zero attached hydrogens (tertiary/aromatic N) is 1. The van der Waals surface area contributed by atoms with Gasteiger partial charge in [-0.3, -0.25) is 9.69 Å². The highest BCUT2D eigenvalue weighted by molar-refractivity contribution is 9.11. The van der Waals surface area contributed by atoms with Crippen molar-refractivity contribution in [1.29, 1.82) is 0 Å². The van der Waals surface area contributed by atoms with E-state index >= 15 is 0 Å². The Morgan fingerprint density at radius 1 is 1.45 bits per heavy atom. The summed E-state index contributed by atoms with van der Waals surface area (Å²) in [7, 11) is 1.91. The Hall–Kier alpha value is -0.880. The van der Waals surface area contributed by atoms with Crippen molar-refractivity contribution >= 4 is 50.5 Å². The molecule has 0 atom stereocenters. The second-order valence-electron chi connectivity index (χ2n) is 4.46. The van der Waals surface area contributed by atoms with Crippen LogP contribution in [0.5, 0.6) is 0 Å². The number of hydrogen-bond donors (Lipinski definition) is 1. The summed E-state index contributed by atoms with van der Waals surface area (Å²) in [6, 6.07) is 9.28. The third-order valence-electron chi connectivity index (χ3n) is 2.64. The van der Waals surface area contributed by atoms with Crippen LogP contribution >= 0.6 is 38.9 Å². The number of halogens is 2. The van der Waals surface area contributed by atoms with E-state index in [1.807, 2.05) is 24.1 Å². The zero-order chi connectivity index (χ0) is 14.5. The number of benzene rings is 1. The van der Waals surface area contributed by atoms with E-state index in [-0.39, 0.29) is 5.91 Å². The monoisotopic (exact) mass is 372 g/mol. The number of carbonyl (C=O) groups excluding carboxylic acids is 1. The molecule has 1 heterocycles. The van der Waals surface area contributed by atoms with E-state index in [0.717, 1.165) is 10.3 Å². The fraction of sp³-hybridized carbons (Fsp3) is 0.214. The van der Waals surface area contributed by atoms with Gasteiger partial charge in [-0.2, -0.15) is 0 Å². The van der Waals surface area contributed by atoms with Crippen LogP contribution in [0.25, 0.3) is 0 Å². The molecule has 0 unspecified atom stereocenters. The molecule has 0 fully saturated rings. The lowest BCUT2D eigenvalue weighted by atomic mass is 10.3. The first-order chi connectivity index (χ1) is 9.54. The maximum Gasteiger partial charge on any atom is 0.238 e. The van der Waals surface area contributed by atoms with Crippen molar-refractivity contribution in [3.8, 4) is 0 Å². The summed E-state index contributed by atoms with van der Waals surface area (Å²) in [5.41, 5.74) is 1.83. The highest BCUT2D eigenvalue weighted by Crippen LogP contribution is 2.22. The Kier molecular flexibility index (Phi) is 5.60. The normalized spacial score (nSPS) is 10.8. The third-order valence-corrected chi connectivity index (χ3v) is 4.52. The molecule has 0 saturated carbocycles. The predicted molar refractivity (Wildman–Crippen MR) is 88.4 cm³/mol. The van der Waals surface area contributed by atoms with Crippen LogP contribution in [-0.4, -0.2) is 24.4 Å². The molecule has 2 aromatic rings. The number of thiophene rings is 1. The van der Waals surface area contributed by atoms with Crippen molar-refractivity contribution in [2.45, 2.75) is 6.54 Å². The van der Waals surface area contributed by atoms with Gasteiger partial charge in [0.15, 0.2) is 0 Å². The molecule has 1 aromatic carbocycles. The number of amides is 1. The van der Waals surface area contributed by atoms with Crippen molar-refractivity contribution in [2.75, 3.05) is 18.9 Å². The molecule has 1 amide bonds. The highest BCUT2D eigenvalue weighted by atomic mass is 79.9. The van der Waals surface area contributed by atoms with Crippen molar-refractivity contribution in [3.63, 3.8) is 0 Å². The van der Waals surface area contributed by atoms with Gasteiger partial charge in [0, 0.05) is 6.54 Å². The minimum atomic E-state index is -0.0742. The van der Waals surface area contributed by atoms with Gasteiger partial charge in [-0.25, -0.2) is 0 Å². The molecule has 0 radical (unpaired) electrons. The number of rotatable bonds is 5. The second-order valence-corrected chi connectivity index (χ2v) is 7.16. The van der Waals surface area contributed by atoms with Gasteiger partial charge in [0.1, 0.15) is 0 Å². The lowest BCUT2D eigenvalue weighted by Crippen LogP contribution is -2.29. The molecule has 6 heteroatoms. The quantitative estimate of drug-likeness (QED) is 0.850. The van der Waals surface area contributed by atoms with Gasteiger partial charge in [0.25, 0.3) is 0 Å². The number of carbonyl (C=O) groups is 1. The zero-order valence-corrected chi connectivity index (χ0v) is 14.1. The van der Waals surface area contributed by atoms with Crippen molar-refractivity contribution < 1.29 is 4.79 Å². The molecular formula is C14H14BrClN2OS. The van der Waals surface area contributed by atoms with Gasteiger partial charge >= 0.3 is 0 Å². The molecule has 1 aromatic heterocycles. The molecule has 2 rings (SSSR count). The SMILES string of the molecule is CN(CC(=O)Nc1ccccc1Cl)Cc1csc(Br)c1. The van der Waals surface area contributed by atoms with E-state index in [1.54, 1.807) is 23.5 Å². The summed E-state index contributed by atoms with van der Waals surface area (Å²) in [6.07, 6.45) is 0. The first-order valence-corrected chi connectivity index (χ1v) is 8.05. The Labute approximate surface area is 135 Å². The summed E-state index contributed by atoms with van der Waals surface area (Å²) in [6.45, 7) is 1.05. The van der Waals surface area contributed by atoms with Crippen LogP contribution in [0.1, 0.15) is 5.56 Å². The Morgan fingerprint density at radius 3 is 2.85 bits per heavy atom. The topological polar surface area (TPSA) is 32.3 Å². The maximum atomic E-state index is 12.0. The van der Waals surface area contributed by atoms with E-state index in [9.17, 15) is 4.79 Å². The standard InChI is InChI=1S/C14H14BrClN2OS/c1-18(7-10-6-13(15)20-9-10)8-14(19)17-12-5-3-2-4-11(12)16/h2-6,9H,7-8H2,1H3,(H,17,19). The number of hydrogen-bond acceptors (Lipinski definition) is 3. The smallest absolute Gasteiger partial charge is 0.238 e. The Balaban J connectivity index is 1.86. The Morgan fingerprint density at radius 2 is 2.20 bits per heavy atom. The first-order valence-electron chi connectivity index (χ1n) is 6.00. The molecule has 0 spiro atoms. The number of nitrogens with one attached hydrogen (secondary N) is 1. The van der Waals surface area contributed by atoms with Gasteiger partial charge < -0.3 is 5.32 Å². The molecule has 106 valence electrons. The van der Waals surface area contributed by atoms with Crippen LogP contribution in [0, 0.1) is 0 Å². The molecule has 20 heavy (non-hydrogen) atoms. The summed E-state index contributed by atoms with van der Waals surface area (Å²) >= 11 is 11.1. The van der Waals surface area contributed by atoms with Crippen LogP contribution in [0.2, 0.25) is 5.02 Å². The summed E-state index contributed by atoms with van der Waals surface area (Å²) in [4.78, 5) is 13.9. The average molecular weight is 374 g/mol. The minimum Gasteiger partial charge on any atom is -0.324 e. The molecule has 0 aliphatic carbocycles. The van der Waals surface area contributed by atoms with E-state index in [0.29, 0.717) is 17.3 Å². The van der Waals surface area contributed by atoms with E-state index in [1.165, 1.54) is 5.56 Å². The zero-order valence-electron chi connectivity index (χ0n) is 10.9. The fourth-order valence-electron chi connectivity index (χ4n) is 1.79. The minimum absolute atomic E-state index is 0.0742. The molecule has 0 aliphatic heterocycles. The van der Waals surface area contributed by atoms with Gasteiger partial charge in [-0.1, -0.05) is 23.7 Å². The van der Waals surface area contributed by atoms with Crippen LogP contribution < -0.4 is 5.32 Å². The van der Waals surface area contributed by atoms with Gasteiger partial charge in [-0.05, 0) is 52.1 Å². The lowest BCUT2D eigenvalue weighted by molar-refractivity contribution is -0.117. The number of anilines is 1. The fourth-order valence-corrected chi connectivity index (χ4v) is 3.18. The van der Waals surface area contributed by atoms with Crippen LogP contribution in [-0.2, 0) is 11.3 Å². The maximum absolute atomic E-state index is 12.0. The molecule has 1 N–H and O–H groups in total. The van der Waals surface area contributed by atoms with Crippen molar-refractivity contribution in [3.05, 3.63) is 50.1 Å². The third kappa shape index (κ3) is 4.59. The molecule has 0 bridgehead atoms.